The van der Waals surface area contributed by atoms with E-state index >= 15 is 0 Å². The molecular weight excluding hydrogens is 192 g/mol. The van der Waals surface area contributed by atoms with Crippen molar-refractivity contribution in [3.63, 3.8) is 0 Å². The molecule has 1 fully saturated rings. The van der Waals surface area contributed by atoms with Crippen LogP contribution in [0.15, 0.2) is 0 Å². The molecule has 4 nitrogen and oxygen atoms in total. The molecule has 0 aromatic heterocycles. The molecule has 0 radical (unpaired) electrons. The van der Waals surface area contributed by atoms with Gasteiger partial charge < -0.3 is 0 Å². The first-order valence-corrected chi connectivity index (χ1v) is 3.97. The number of rotatable bonds is 0. The van der Waals surface area contributed by atoms with E-state index in [1.165, 1.54) is 0 Å². The Morgan fingerprint density at radius 1 is 1.33 bits per heavy atom. The third kappa shape index (κ3) is 0.788. The Morgan fingerprint density at radius 2 is 1.67 bits per heavy atom. The summed E-state index contributed by atoms with van der Waals surface area (Å²) in [4.78, 5) is 0. The van der Waals surface area contributed by atoms with Crippen molar-refractivity contribution in [2.75, 3.05) is 0 Å². The maximum atomic E-state index is 9.67. The van der Waals surface area contributed by atoms with Crippen LogP contribution in [0.4, 0.5) is 0 Å². The van der Waals surface area contributed by atoms with E-state index in [4.69, 9.17) is 0 Å². The summed E-state index contributed by atoms with van der Waals surface area (Å²) >= 11 is -1.03. The van der Waals surface area contributed by atoms with Gasteiger partial charge in [0.1, 0.15) is 0 Å². The van der Waals surface area contributed by atoms with E-state index in [0.29, 0.717) is 0 Å². The maximum absolute atomic E-state index is 9.67. The van der Waals surface area contributed by atoms with Gasteiger partial charge in [-0.1, -0.05) is 0 Å². The summed E-state index contributed by atoms with van der Waals surface area (Å²) in [6.45, 7) is 0. The van der Waals surface area contributed by atoms with Gasteiger partial charge in [0.2, 0.25) is 0 Å². The van der Waals surface area contributed by atoms with Crippen LogP contribution in [-0.2, 0) is 35.4 Å². The summed E-state index contributed by atoms with van der Waals surface area (Å²) in [6, 6.07) is 0. The van der Waals surface area contributed by atoms with Crippen LogP contribution in [0.3, 0.4) is 0 Å². The Morgan fingerprint density at radius 3 is 1.67 bits per heavy atom. The summed E-state index contributed by atoms with van der Waals surface area (Å²) in [6.07, 6.45) is 0. The predicted molar refractivity (Wildman–Crippen MR) is 11.1 cm³/mol. The zero-order valence-corrected chi connectivity index (χ0v) is 5.27. The van der Waals surface area contributed by atoms with Gasteiger partial charge in [0.25, 0.3) is 0 Å². The van der Waals surface area contributed by atoms with Crippen molar-refractivity contribution in [1.29, 1.82) is 0 Å². The molecule has 0 bridgehead atoms. The predicted octanol–water partition coefficient (Wildman–Crippen LogP) is -0.809. The van der Waals surface area contributed by atoms with Crippen LogP contribution < -0.4 is 0 Å². The molecule has 0 saturated carbocycles. The molecule has 0 amide bonds. The van der Waals surface area contributed by atoms with Gasteiger partial charge in [-0.3, -0.25) is 0 Å². The number of hydrogen-bond donors (Lipinski definition) is 0. The van der Waals surface area contributed by atoms with Gasteiger partial charge in [-0.05, 0) is 0 Å². The average molecular weight is 192 g/mol. The molecule has 1 rings (SSSR count). The molecule has 0 aromatic rings. The van der Waals surface area contributed by atoms with Crippen LogP contribution in [0.25, 0.3) is 0 Å². The Labute approximate surface area is 44.2 Å². The topological polar surface area (TPSA) is 52.6 Å². The molecule has 1 aliphatic rings. The first-order chi connectivity index (χ1) is 2.71. The molecular formula is MoO4S. The fourth-order valence-electron chi connectivity index (χ4n) is 0.0731. The van der Waals surface area contributed by atoms with Gasteiger partial charge in [-0.15, -0.1) is 0 Å². The molecule has 1 saturated heterocycles. The zero-order chi connectivity index (χ0) is 4.62. The van der Waals surface area contributed by atoms with Crippen LogP contribution in [-0.4, -0.2) is 8.42 Å². The molecule has 0 aliphatic carbocycles. The van der Waals surface area contributed by atoms with E-state index in [-0.39, 0.29) is 0 Å². The Kier molecular flexibility index (Phi) is 0.993. The molecule has 1 heterocycles. The van der Waals surface area contributed by atoms with E-state index < -0.39 is 29.7 Å². The van der Waals surface area contributed by atoms with Gasteiger partial charge >= 0.3 is 43.8 Å². The quantitative estimate of drug-likeness (QED) is 0.471. The van der Waals surface area contributed by atoms with Crippen molar-refractivity contribution < 1.29 is 33.4 Å². The monoisotopic (exact) mass is 194 g/mol. The Hall–Kier alpha value is 0.558. The molecule has 6 heteroatoms. The van der Waals surface area contributed by atoms with Crippen LogP contribution in [0.2, 0.25) is 0 Å². The summed E-state index contributed by atoms with van der Waals surface area (Å²) in [5, 5.41) is 0. The second-order valence-electron chi connectivity index (χ2n) is 0.612. The van der Waals surface area contributed by atoms with Gasteiger partial charge in [0.05, 0.1) is 0 Å². The average Bonchev–Trinajstić information content (AvgIpc) is 1.32. The van der Waals surface area contributed by atoms with Gasteiger partial charge in [0.15, 0.2) is 0 Å². The first kappa shape index (κ1) is 4.71. The normalized spacial score (nSPS) is 28.7. The molecule has 0 atom stereocenters. The van der Waals surface area contributed by atoms with Crippen LogP contribution >= 0.6 is 0 Å². The standard InChI is InChI=1S/Mo.H2O4S/c;1-5(2,3)4/h;(H2,1,2,3,4)/q+2;/p-2. The van der Waals surface area contributed by atoms with E-state index in [1.54, 1.807) is 0 Å². The Bertz CT molecular complexity index is 122. The van der Waals surface area contributed by atoms with Crippen molar-refractivity contribution >= 4 is 10.4 Å². The summed E-state index contributed by atoms with van der Waals surface area (Å²) in [5.74, 6) is 0. The van der Waals surface area contributed by atoms with E-state index in [2.05, 4.69) is 5.67 Å². The molecule has 36 valence electrons. The number of hydrogen-bond acceptors (Lipinski definition) is 4. The Balaban J connectivity index is 2.78. The van der Waals surface area contributed by atoms with E-state index in [9.17, 15) is 8.42 Å². The minimum absolute atomic E-state index is 1.03. The zero-order valence-electron chi connectivity index (χ0n) is 2.45. The van der Waals surface area contributed by atoms with E-state index in [0.717, 1.165) is 0 Å². The van der Waals surface area contributed by atoms with Crippen molar-refractivity contribution in [1.82, 2.24) is 0 Å². The van der Waals surface area contributed by atoms with Gasteiger partial charge in [-0.2, -0.15) is 0 Å². The summed E-state index contributed by atoms with van der Waals surface area (Å²) in [7, 11) is -3.42. The van der Waals surface area contributed by atoms with Crippen molar-refractivity contribution in [2.45, 2.75) is 0 Å². The third-order valence-corrected chi connectivity index (χ3v) is 3.94. The summed E-state index contributed by atoms with van der Waals surface area (Å²) < 4.78 is 27.3. The van der Waals surface area contributed by atoms with Crippen molar-refractivity contribution in [3.8, 4) is 0 Å². The third-order valence-electron chi connectivity index (χ3n) is 0.222. The molecule has 0 unspecified atom stereocenters. The molecule has 0 N–H and O–H groups in total. The van der Waals surface area contributed by atoms with Gasteiger partial charge in [0, 0.05) is 0 Å². The van der Waals surface area contributed by atoms with Crippen LogP contribution in [0.5, 0.6) is 0 Å². The van der Waals surface area contributed by atoms with Gasteiger partial charge in [-0.25, -0.2) is 0 Å². The second-order valence-corrected chi connectivity index (χ2v) is 4.04. The molecule has 6 heavy (non-hydrogen) atoms. The fraction of sp³-hybridized carbons (Fsp3) is 0. The molecule has 1 aliphatic heterocycles. The van der Waals surface area contributed by atoms with Crippen LogP contribution in [0.1, 0.15) is 0 Å². The van der Waals surface area contributed by atoms with Crippen LogP contribution in [0, 0.1) is 0 Å². The van der Waals surface area contributed by atoms with E-state index in [1.807, 2.05) is 0 Å². The summed E-state index contributed by atoms with van der Waals surface area (Å²) in [5.41, 5.74) is 0. The first-order valence-electron chi connectivity index (χ1n) is 1.00. The minimum atomic E-state index is -3.42. The molecule has 0 spiro atoms. The fourth-order valence-corrected chi connectivity index (χ4v) is 1.30. The van der Waals surface area contributed by atoms with Crippen molar-refractivity contribution in [2.24, 2.45) is 0 Å². The SMILES string of the molecule is O=S1(=O)[O][Mo][O]1. The van der Waals surface area contributed by atoms with Crippen molar-refractivity contribution in [3.05, 3.63) is 0 Å². The second kappa shape index (κ2) is 1.26. The molecule has 0 aromatic carbocycles.